The molecule has 2 aromatic heterocycles. The number of H-pyrrole nitrogens is 1. The van der Waals surface area contributed by atoms with Crippen LogP contribution >= 0.6 is 11.6 Å². The van der Waals surface area contributed by atoms with Gasteiger partial charge >= 0.3 is 0 Å². The molecule has 1 aliphatic carbocycles. The molecule has 16 nitrogen and oxygen atoms in total. The van der Waals surface area contributed by atoms with Crippen molar-refractivity contribution in [2.45, 2.75) is 107 Å². The number of benzene rings is 3. The monoisotopic (exact) mass is 1100 g/mol. The molecule has 0 bridgehead atoms. The highest BCUT2D eigenvalue weighted by molar-refractivity contribution is 6.30. The predicted molar refractivity (Wildman–Crippen MR) is 302 cm³/mol. The number of amides is 4. The van der Waals surface area contributed by atoms with E-state index in [9.17, 15) is 28.0 Å². The normalized spacial score (nSPS) is 20.7. The second kappa shape index (κ2) is 26.0. The Labute approximate surface area is 467 Å². The summed E-state index contributed by atoms with van der Waals surface area (Å²) < 4.78 is 27.5. The molecule has 5 aromatic rings. The lowest BCUT2D eigenvalue weighted by molar-refractivity contribution is -0.137. The quantitative estimate of drug-likeness (QED) is 0.0599. The molecule has 6 N–H and O–H groups in total. The number of nitrogens with zero attached hydrogens (tertiary/aromatic N) is 7. The van der Waals surface area contributed by atoms with Gasteiger partial charge in [-0.3, -0.25) is 24.1 Å². The summed E-state index contributed by atoms with van der Waals surface area (Å²) in [6.45, 7) is 9.10. The zero-order valence-corrected chi connectivity index (χ0v) is 46.1. The fourth-order valence-electron chi connectivity index (χ4n) is 12.8. The molecule has 422 valence electrons. The average Bonchev–Trinajstić information content (AvgIpc) is 3.99. The van der Waals surface area contributed by atoms with Crippen LogP contribution in [-0.4, -0.2) is 155 Å². The van der Waals surface area contributed by atoms with Crippen LogP contribution in [0.25, 0.3) is 11.0 Å². The summed E-state index contributed by atoms with van der Waals surface area (Å²) >= 11 is 6.31. The molecule has 3 aromatic carbocycles. The number of anilines is 1. The molecular formula is C60H77ClF2N12O4. The molecule has 5 aliphatic rings. The van der Waals surface area contributed by atoms with Crippen LogP contribution in [0.2, 0.25) is 5.02 Å². The van der Waals surface area contributed by atoms with Crippen LogP contribution in [0.1, 0.15) is 116 Å². The molecular weight excluding hydrogens is 1030 g/mol. The fourth-order valence-corrected chi connectivity index (χ4v) is 12.9. The van der Waals surface area contributed by atoms with Crippen LogP contribution in [0.15, 0.2) is 85.3 Å². The largest absolute Gasteiger partial charge is 0.356 e. The highest BCUT2D eigenvalue weighted by Gasteiger charge is 2.40. The number of rotatable bonds is 18. The van der Waals surface area contributed by atoms with E-state index in [1.54, 1.807) is 12.4 Å². The van der Waals surface area contributed by atoms with Crippen molar-refractivity contribution < 1.29 is 28.0 Å². The summed E-state index contributed by atoms with van der Waals surface area (Å²) in [6.07, 6.45) is 14.0. The first-order valence-electron chi connectivity index (χ1n) is 28.8. The maximum Gasteiger partial charge on any atom is 0.251 e. The van der Waals surface area contributed by atoms with Crippen molar-refractivity contribution in [2.75, 3.05) is 90.0 Å². The van der Waals surface area contributed by atoms with Gasteiger partial charge in [-0.2, -0.15) is 0 Å². The van der Waals surface area contributed by atoms with Crippen molar-refractivity contribution in [2.24, 2.45) is 17.6 Å². The molecule has 5 fully saturated rings. The molecule has 3 atom stereocenters. The Balaban J connectivity index is 0.676. The van der Waals surface area contributed by atoms with Crippen LogP contribution in [0.3, 0.4) is 0 Å². The molecule has 79 heavy (non-hydrogen) atoms. The zero-order valence-electron chi connectivity index (χ0n) is 45.3. The fraction of sp³-hybridized carbons (Fsp3) is 0.533. The highest BCUT2D eigenvalue weighted by atomic mass is 35.5. The van der Waals surface area contributed by atoms with E-state index < -0.39 is 23.2 Å². The van der Waals surface area contributed by atoms with Gasteiger partial charge < -0.3 is 46.3 Å². The van der Waals surface area contributed by atoms with Crippen molar-refractivity contribution in [1.82, 2.24) is 50.5 Å². The van der Waals surface area contributed by atoms with Gasteiger partial charge in [0.2, 0.25) is 17.7 Å². The molecule has 0 radical (unpaired) electrons. The number of piperidine rings is 3. The van der Waals surface area contributed by atoms with Gasteiger partial charge in [0.05, 0.1) is 23.5 Å². The SMILES string of the molecule is NC1(C(=O)N[C@@H](CCN2CCC(CN3CCN(C(=O)[C@H](NC(=O)c4cccc(C5CCCN(C(=O)CNCc6ccc(F)cc6F)C5)c4)C4CCCCC4)CC3)CC2)c2ccc(Cl)cc2)CCN(c2ncnc3[nH]ccc23)CC1. The molecule has 4 saturated heterocycles. The molecule has 4 amide bonds. The van der Waals surface area contributed by atoms with E-state index in [-0.39, 0.29) is 54.6 Å². The second-order valence-electron chi connectivity index (χ2n) is 22.9. The average molecular weight is 1100 g/mol. The number of carbonyl (C=O) groups excluding carboxylic acids is 4. The van der Waals surface area contributed by atoms with Crippen molar-refractivity contribution in [3.05, 3.63) is 124 Å². The molecule has 19 heteroatoms. The Kier molecular flexibility index (Phi) is 18.5. The van der Waals surface area contributed by atoms with Crippen LogP contribution in [-0.2, 0) is 20.9 Å². The number of halogens is 3. The Morgan fingerprint density at radius 3 is 2.32 bits per heavy atom. The van der Waals surface area contributed by atoms with Gasteiger partial charge in [0.1, 0.15) is 35.5 Å². The first kappa shape index (κ1) is 56.2. The smallest absolute Gasteiger partial charge is 0.251 e. The van der Waals surface area contributed by atoms with Gasteiger partial charge in [-0.1, -0.05) is 61.2 Å². The van der Waals surface area contributed by atoms with E-state index in [1.165, 1.54) is 12.1 Å². The predicted octanol–water partition coefficient (Wildman–Crippen LogP) is 7.17. The maximum atomic E-state index is 14.5. The van der Waals surface area contributed by atoms with Crippen molar-refractivity contribution in [3.63, 3.8) is 0 Å². The minimum atomic E-state index is -1.00. The lowest BCUT2D eigenvalue weighted by Crippen LogP contribution is -2.60. The van der Waals surface area contributed by atoms with Gasteiger partial charge in [-0.25, -0.2) is 18.7 Å². The molecule has 10 rings (SSSR count). The number of nitrogens with one attached hydrogen (secondary N) is 4. The maximum absolute atomic E-state index is 14.5. The number of likely N-dealkylation sites (tertiary alicyclic amines) is 2. The summed E-state index contributed by atoms with van der Waals surface area (Å²) in [6, 6.07) is 19.9. The number of fused-ring (bicyclic) bond motifs is 1. The van der Waals surface area contributed by atoms with Crippen LogP contribution in [0, 0.1) is 23.5 Å². The van der Waals surface area contributed by atoms with E-state index in [1.807, 2.05) is 64.5 Å². The number of piperazine rings is 1. The first-order valence-corrected chi connectivity index (χ1v) is 29.2. The van der Waals surface area contributed by atoms with E-state index in [4.69, 9.17) is 17.3 Å². The Bertz CT molecular complexity index is 2880. The van der Waals surface area contributed by atoms with Gasteiger partial charge in [0.25, 0.3) is 5.91 Å². The van der Waals surface area contributed by atoms with E-state index in [2.05, 4.69) is 45.6 Å². The number of nitrogens with two attached hydrogens (primary N) is 1. The number of aromatic nitrogens is 3. The molecule has 1 unspecified atom stereocenters. The third kappa shape index (κ3) is 14.1. The standard InChI is InChI=1S/C60H77ClF2N12O4/c61-48-14-11-42(12-15-48)52(69-59(79)60(64)21-28-73(29-22-60)56-50-17-23-66-55(50)67-40-68-56)20-27-71-25-18-41(19-26-71)38-72-30-32-74(33-31-72)58(78)54(43-6-2-1-3-7-43)70-57(77)45-9-4-8-44(34-45)47-10-5-24-75(39-47)53(76)37-65-36-46-13-16-49(62)35-51(46)63/h4,8-9,11-17,23,34-35,40-41,43,47,52,54,65H,1-3,5-7,10,18-22,24-33,36-39,64H2,(H,69,79)(H,70,77)(H,66,67,68)/t47?,52-,54+/m0/s1. The number of aromatic amines is 1. The van der Waals surface area contributed by atoms with Crippen LogP contribution in [0.5, 0.6) is 0 Å². The van der Waals surface area contributed by atoms with E-state index >= 15 is 0 Å². The molecule has 0 spiro atoms. The van der Waals surface area contributed by atoms with Crippen molar-refractivity contribution >= 4 is 52.1 Å². The van der Waals surface area contributed by atoms with Gasteiger partial charge in [-0.15, -0.1) is 0 Å². The summed E-state index contributed by atoms with van der Waals surface area (Å²) in [5, 5.41) is 11.2. The summed E-state index contributed by atoms with van der Waals surface area (Å²) in [4.78, 5) is 79.0. The van der Waals surface area contributed by atoms with Gasteiger partial charge in [0.15, 0.2) is 0 Å². The third-order valence-corrected chi connectivity index (χ3v) is 17.9. The first-order chi connectivity index (χ1) is 38.4. The third-order valence-electron chi connectivity index (χ3n) is 17.6. The van der Waals surface area contributed by atoms with E-state index in [0.29, 0.717) is 74.2 Å². The minimum Gasteiger partial charge on any atom is -0.356 e. The molecule has 6 heterocycles. The lowest BCUT2D eigenvalue weighted by Gasteiger charge is -2.41. The Morgan fingerprint density at radius 1 is 0.785 bits per heavy atom. The van der Waals surface area contributed by atoms with Crippen molar-refractivity contribution in [3.8, 4) is 0 Å². The minimum absolute atomic E-state index is 0.0127. The van der Waals surface area contributed by atoms with Gasteiger partial charge in [0, 0.05) is 106 Å². The highest BCUT2D eigenvalue weighted by Crippen LogP contribution is 2.33. The van der Waals surface area contributed by atoms with Crippen LogP contribution < -0.4 is 26.6 Å². The summed E-state index contributed by atoms with van der Waals surface area (Å²) in [5.74, 6) is -0.244. The van der Waals surface area contributed by atoms with Crippen LogP contribution in [0.4, 0.5) is 14.6 Å². The summed E-state index contributed by atoms with van der Waals surface area (Å²) in [7, 11) is 0. The van der Waals surface area contributed by atoms with Gasteiger partial charge in [-0.05, 0) is 130 Å². The number of carbonyl (C=O) groups is 4. The molecule has 1 saturated carbocycles. The second-order valence-corrected chi connectivity index (χ2v) is 23.3. The van der Waals surface area contributed by atoms with Crippen molar-refractivity contribution in [1.29, 1.82) is 0 Å². The lowest BCUT2D eigenvalue weighted by atomic mass is 9.83. The Hall–Kier alpha value is -6.05. The topological polar surface area (TPSA) is 188 Å². The number of hydrogen-bond donors (Lipinski definition) is 5. The van der Waals surface area contributed by atoms with E-state index in [0.717, 1.165) is 138 Å². The Morgan fingerprint density at radius 2 is 1.56 bits per heavy atom. The number of hydrogen-bond acceptors (Lipinski definition) is 11. The zero-order chi connectivity index (χ0) is 54.9. The molecule has 4 aliphatic heterocycles. The summed E-state index contributed by atoms with van der Waals surface area (Å²) in [5.41, 5.74) is 9.48.